The number of aliphatic hydroxyl groups excluding tert-OH is 1. The van der Waals surface area contributed by atoms with E-state index in [1.165, 1.54) is 23.2 Å². The molecule has 0 radical (unpaired) electrons. The lowest BCUT2D eigenvalue weighted by Gasteiger charge is -2.23. The molecular weight excluding hydrogens is 320 g/mol. The number of hydrogen-bond donors (Lipinski definition) is 2. The van der Waals surface area contributed by atoms with E-state index in [-0.39, 0.29) is 24.3 Å². The molecule has 0 bridgehead atoms. The number of urea groups is 1. The SMILES string of the molecule is C[C@H](CO)N(C)C(=O)Nc1ccnc(Oc2ccc(F)cc2F)c1. The molecule has 1 aromatic carbocycles. The number of carbonyl (C=O) groups excluding carboxylic acids is 1. The summed E-state index contributed by atoms with van der Waals surface area (Å²) >= 11 is 0. The number of carbonyl (C=O) groups is 1. The van der Waals surface area contributed by atoms with Crippen molar-refractivity contribution in [2.24, 2.45) is 0 Å². The summed E-state index contributed by atoms with van der Waals surface area (Å²) in [4.78, 5) is 17.3. The minimum atomic E-state index is -0.859. The van der Waals surface area contributed by atoms with E-state index >= 15 is 0 Å². The van der Waals surface area contributed by atoms with Gasteiger partial charge in [0, 0.05) is 31.1 Å². The van der Waals surface area contributed by atoms with Crippen molar-refractivity contribution >= 4 is 11.7 Å². The summed E-state index contributed by atoms with van der Waals surface area (Å²) in [6.45, 7) is 1.52. The quantitative estimate of drug-likeness (QED) is 0.879. The van der Waals surface area contributed by atoms with Crippen molar-refractivity contribution in [3.8, 4) is 11.6 Å². The zero-order chi connectivity index (χ0) is 17.7. The smallest absolute Gasteiger partial charge is 0.321 e. The molecule has 1 atom stereocenters. The predicted octanol–water partition coefficient (Wildman–Crippen LogP) is 3.00. The average Bonchev–Trinajstić information content (AvgIpc) is 2.56. The third-order valence-electron chi connectivity index (χ3n) is 3.34. The first-order chi connectivity index (χ1) is 11.4. The predicted molar refractivity (Wildman–Crippen MR) is 84.0 cm³/mol. The highest BCUT2D eigenvalue weighted by Crippen LogP contribution is 2.25. The maximum Gasteiger partial charge on any atom is 0.321 e. The molecule has 0 saturated heterocycles. The van der Waals surface area contributed by atoms with Crippen molar-refractivity contribution in [3.63, 3.8) is 0 Å². The number of aromatic nitrogens is 1. The lowest BCUT2D eigenvalue weighted by Crippen LogP contribution is -2.40. The van der Waals surface area contributed by atoms with E-state index in [0.717, 1.165) is 12.1 Å². The first-order valence-electron chi connectivity index (χ1n) is 7.14. The highest BCUT2D eigenvalue weighted by atomic mass is 19.1. The molecule has 0 spiro atoms. The second kappa shape index (κ2) is 7.69. The van der Waals surface area contributed by atoms with Gasteiger partial charge in [0.15, 0.2) is 11.6 Å². The summed E-state index contributed by atoms with van der Waals surface area (Å²) in [5, 5.41) is 11.7. The number of amides is 2. The van der Waals surface area contributed by atoms with Crippen LogP contribution in [0.3, 0.4) is 0 Å². The number of nitrogens with one attached hydrogen (secondary N) is 1. The maximum absolute atomic E-state index is 13.6. The Morgan fingerprint density at radius 3 is 2.79 bits per heavy atom. The number of ether oxygens (including phenoxy) is 1. The Labute approximate surface area is 137 Å². The van der Waals surface area contributed by atoms with Gasteiger partial charge in [-0.1, -0.05) is 0 Å². The van der Waals surface area contributed by atoms with Gasteiger partial charge in [0.05, 0.1) is 12.6 Å². The van der Waals surface area contributed by atoms with Gasteiger partial charge in [-0.2, -0.15) is 0 Å². The lowest BCUT2D eigenvalue weighted by atomic mass is 10.3. The molecule has 6 nitrogen and oxygen atoms in total. The van der Waals surface area contributed by atoms with Crippen LogP contribution in [0, 0.1) is 11.6 Å². The largest absolute Gasteiger partial charge is 0.436 e. The molecule has 0 saturated carbocycles. The van der Waals surface area contributed by atoms with E-state index in [2.05, 4.69) is 10.3 Å². The van der Waals surface area contributed by atoms with Gasteiger partial charge in [0.2, 0.25) is 5.88 Å². The van der Waals surface area contributed by atoms with E-state index in [1.807, 2.05) is 0 Å². The van der Waals surface area contributed by atoms with Gasteiger partial charge in [-0.15, -0.1) is 0 Å². The Bertz CT molecular complexity index is 727. The number of benzene rings is 1. The second-order valence-electron chi connectivity index (χ2n) is 5.13. The normalized spacial score (nSPS) is 11.7. The number of hydrogen-bond acceptors (Lipinski definition) is 4. The Kier molecular flexibility index (Phi) is 5.64. The maximum atomic E-state index is 13.6. The third-order valence-corrected chi connectivity index (χ3v) is 3.34. The van der Waals surface area contributed by atoms with E-state index < -0.39 is 17.7 Å². The Morgan fingerprint density at radius 2 is 2.12 bits per heavy atom. The molecule has 24 heavy (non-hydrogen) atoms. The van der Waals surface area contributed by atoms with Crippen LogP contribution < -0.4 is 10.1 Å². The standard InChI is InChI=1S/C16H17F2N3O3/c1-10(9-22)21(2)16(23)20-12-5-6-19-15(8-12)24-14-4-3-11(17)7-13(14)18/h3-8,10,22H,9H2,1-2H3,(H,19,20,23)/t10-/m1/s1. The summed E-state index contributed by atoms with van der Waals surface area (Å²) < 4.78 is 31.7. The second-order valence-corrected chi connectivity index (χ2v) is 5.13. The van der Waals surface area contributed by atoms with Crippen LogP contribution >= 0.6 is 0 Å². The molecule has 0 aliphatic carbocycles. The molecule has 2 rings (SSSR count). The zero-order valence-corrected chi connectivity index (χ0v) is 13.2. The summed E-state index contributed by atoms with van der Waals surface area (Å²) in [5.41, 5.74) is 0.379. The number of likely N-dealkylation sites (N-methyl/N-ethyl adjacent to an activating group) is 1. The monoisotopic (exact) mass is 337 g/mol. The highest BCUT2D eigenvalue weighted by Gasteiger charge is 2.15. The van der Waals surface area contributed by atoms with Crippen molar-refractivity contribution in [1.29, 1.82) is 0 Å². The lowest BCUT2D eigenvalue weighted by molar-refractivity contribution is 0.166. The molecule has 2 N–H and O–H groups in total. The fourth-order valence-corrected chi connectivity index (χ4v) is 1.75. The highest BCUT2D eigenvalue weighted by molar-refractivity contribution is 5.89. The van der Waals surface area contributed by atoms with Crippen LogP contribution in [0.2, 0.25) is 0 Å². The summed E-state index contributed by atoms with van der Waals surface area (Å²) in [5.74, 6) is -1.72. The van der Waals surface area contributed by atoms with Gasteiger partial charge in [0.1, 0.15) is 5.82 Å². The van der Waals surface area contributed by atoms with Gasteiger partial charge in [-0.25, -0.2) is 18.6 Å². The number of halogens is 2. The van der Waals surface area contributed by atoms with Crippen molar-refractivity contribution in [2.75, 3.05) is 19.0 Å². The number of pyridine rings is 1. The molecule has 0 aliphatic heterocycles. The van der Waals surface area contributed by atoms with Crippen molar-refractivity contribution in [2.45, 2.75) is 13.0 Å². The van der Waals surface area contributed by atoms with Gasteiger partial charge >= 0.3 is 6.03 Å². The van der Waals surface area contributed by atoms with Crippen molar-refractivity contribution in [3.05, 3.63) is 48.2 Å². The molecule has 1 aromatic heterocycles. The van der Waals surface area contributed by atoms with Crippen LogP contribution in [0.1, 0.15) is 6.92 Å². The molecule has 0 aliphatic rings. The third kappa shape index (κ3) is 4.39. The molecule has 8 heteroatoms. The fourth-order valence-electron chi connectivity index (χ4n) is 1.75. The van der Waals surface area contributed by atoms with Crippen molar-refractivity contribution < 1.29 is 23.4 Å². The fraction of sp³-hybridized carbons (Fsp3) is 0.250. The number of rotatable bonds is 5. The molecule has 2 aromatic rings. The minimum Gasteiger partial charge on any atom is -0.436 e. The van der Waals surface area contributed by atoms with Crippen LogP contribution in [0.4, 0.5) is 19.3 Å². The Balaban J connectivity index is 2.10. The van der Waals surface area contributed by atoms with Crippen LogP contribution in [-0.2, 0) is 0 Å². The van der Waals surface area contributed by atoms with Gasteiger partial charge in [0.25, 0.3) is 0 Å². The van der Waals surface area contributed by atoms with Crippen LogP contribution in [0.25, 0.3) is 0 Å². The molecule has 128 valence electrons. The van der Waals surface area contributed by atoms with Gasteiger partial charge < -0.3 is 20.1 Å². The minimum absolute atomic E-state index is 0.0381. The summed E-state index contributed by atoms with van der Waals surface area (Å²) in [7, 11) is 1.54. The average molecular weight is 337 g/mol. The van der Waals surface area contributed by atoms with E-state index in [9.17, 15) is 13.6 Å². The van der Waals surface area contributed by atoms with E-state index in [0.29, 0.717) is 11.8 Å². The Morgan fingerprint density at radius 1 is 1.38 bits per heavy atom. The number of nitrogens with zero attached hydrogens (tertiary/aromatic N) is 2. The van der Waals surface area contributed by atoms with Gasteiger partial charge in [-0.3, -0.25) is 0 Å². The molecule has 0 fully saturated rings. The first kappa shape index (κ1) is 17.6. The van der Waals surface area contributed by atoms with E-state index in [4.69, 9.17) is 9.84 Å². The summed E-state index contributed by atoms with van der Waals surface area (Å²) in [6, 6.07) is 5.06. The Hall–Kier alpha value is -2.74. The van der Waals surface area contributed by atoms with Crippen molar-refractivity contribution in [1.82, 2.24) is 9.88 Å². The molecule has 1 heterocycles. The molecular formula is C16H17F2N3O3. The number of aliphatic hydroxyl groups is 1. The molecule has 2 amide bonds. The first-order valence-corrected chi connectivity index (χ1v) is 7.14. The number of anilines is 1. The van der Waals surface area contributed by atoms with Crippen LogP contribution in [0.5, 0.6) is 11.6 Å². The zero-order valence-electron chi connectivity index (χ0n) is 13.2. The molecule has 0 unspecified atom stereocenters. The van der Waals surface area contributed by atoms with Crippen LogP contribution in [-0.4, -0.2) is 40.7 Å². The van der Waals surface area contributed by atoms with Crippen LogP contribution in [0.15, 0.2) is 36.5 Å². The summed E-state index contributed by atoms with van der Waals surface area (Å²) in [6.07, 6.45) is 1.38. The topological polar surface area (TPSA) is 74.7 Å². The van der Waals surface area contributed by atoms with Gasteiger partial charge in [-0.05, 0) is 25.1 Å². The van der Waals surface area contributed by atoms with E-state index in [1.54, 1.807) is 14.0 Å².